The van der Waals surface area contributed by atoms with Gasteiger partial charge in [-0.15, -0.1) is 0 Å². The second-order valence-electron chi connectivity index (χ2n) is 5.16. The SMILES string of the molecule is Cc1cc(OC(C)C)ccc1C(=O)CC(C)C. The Balaban J connectivity index is 2.86. The first-order valence-corrected chi connectivity index (χ1v) is 6.20. The van der Waals surface area contributed by atoms with Crippen LogP contribution in [-0.2, 0) is 0 Å². The minimum Gasteiger partial charge on any atom is -0.491 e. The molecule has 0 radical (unpaired) electrons. The van der Waals surface area contributed by atoms with Crippen LogP contribution in [0.4, 0.5) is 0 Å². The van der Waals surface area contributed by atoms with Gasteiger partial charge in [0, 0.05) is 12.0 Å². The third kappa shape index (κ3) is 4.22. The first kappa shape index (κ1) is 13.8. The monoisotopic (exact) mass is 234 g/mol. The lowest BCUT2D eigenvalue weighted by atomic mass is 9.98. The van der Waals surface area contributed by atoms with Crippen LogP contribution in [0.2, 0.25) is 0 Å². The maximum Gasteiger partial charge on any atom is 0.163 e. The average Bonchev–Trinajstić information content (AvgIpc) is 2.14. The second kappa shape index (κ2) is 5.85. The van der Waals surface area contributed by atoms with Crippen LogP contribution in [0.15, 0.2) is 18.2 Å². The summed E-state index contributed by atoms with van der Waals surface area (Å²) in [7, 11) is 0. The normalized spacial score (nSPS) is 11.0. The van der Waals surface area contributed by atoms with Gasteiger partial charge in [0.1, 0.15) is 5.75 Å². The van der Waals surface area contributed by atoms with E-state index in [1.807, 2.05) is 39.0 Å². The lowest BCUT2D eigenvalue weighted by molar-refractivity contribution is 0.0967. The molecule has 0 fully saturated rings. The number of benzene rings is 1. The zero-order chi connectivity index (χ0) is 13.0. The number of hydrogen-bond donors (Lipinski definition) is 0. The Morgan fingerprint density at radius 2 is 1.88 bits per heavy atom. The summed E-state index contributed by atoms with van der Waals surface area (Å²) in [5, 5.41) is 0. The summed E-state index contributed by atoms with van der Waals surface area (Å²) in [4.78, 5) is 12.0. The zero-order valence-corrected chi connectivity index (χ0v) is 11.4. The maximum absolute atomic E-state index is 12.0. The molecule has 1 aromatic carbocycles. The Morgan fingerprint density at radius 3 is 2.35 bits per heavy atom. The van der Waals surface area contributed by atoms with Crippen molar-refractivity contribution in [3.8, 4) is 5.75 Å². The van der Waals surface area contributed by atoms with Gasteiger partial charge in [-0.25, -0.2) is 0 Å². The number of carbonyl (C=O) groups excluding carboxylic acids is 1. The predicted octanol–water partition coefficient (Wildman–Crippen LogP) is 4.01. The molecule has 0 aromatic heterocycles. The van der Waals surface area contributed by atoms with Crippen molar-refractivity contribution in [2.75, 3.05) is 0 Å². The Bertz CT molecular complexity index is 392. The van der Waals surface area contributed by atoms with Crippen LogP contribution < -0.4 is 4.74 Å². The molecular weight excluding hydrogens is 212 g/mol. The van der Waals surface area contributed by atoms with Crippen molar-refractivity contribution in [2.45, 2.75) is 47.1 Å². The first-order valence-electron chi connectivity index (χ1n) is 6.20. The largest absolute Gasteiger partial charge is 0.491 e. The van der Waals surface area contributed by atoms with Crippen LogP contribution in [0, 0.1) is 12.8 Å². The molecule has 0 unspecified atom stereocenters. The predicted molar refractivity (Wildman–Crippen MR) is 70.7 cm³/mol. The van der Waals surface area contributed by atoms with Crippen LogP contribution in [0.25, 0.3) is 0 Å². The topological polar surface area (TPSA) is 26.3 Å². The van der Waals surface area contributed by atoms with Crippen molar-refractivity contribution < 1.29 is 9.53 Å². The van der Waals surface area contributed by atoms with Gasteiger partial charge in [0.15, 0.2) is 5.78 Å². The molecule has 0 spiro atoms. The summed E-state index contributed by atoms with van der Waals surface area (Å²) in [6.07, 6.45) is 0.761. The van der Waals surface area contributed by atoms with E-state index in [1.165, 1.54) is 0 Å². The highest BCUT2D eigenvalue weighted by molar-refractivity contribution is 5.97. The van der Waals surface area contributed by atoms with Gasteiger partial charge >= 0.3 is 0 Å². The van der Waals surface area contributed by atoms with Gasteiger partial charge in [-0.2, -0.15) is 0 Å². The fourth-order valence-corrected chi connectivity index (χ4v) is 1.78. The molecule has 17 heavy (non-hydrogen) atoms. The standard InChI is InChI=1S/C15H22O2/c1-10(2)8-15(16)14-7-6-13(9-12(14)5)17-11(3)4/h6-7,9-11H,8H2,1-5H3. The van der Waals surface area contributed by atoms with E-state index in [0.717, 1.165) is 16.9 Å². The third-order valence-electron chi connectivity index (χ3n) is 2.46. The molecule has 0 saturated heterocycles. The summed E-state index contributed by atoms with van der Waals surface area (Å²) < 4.78 is 5.60. The first-order chi connectivity index (χ1) is 7.90. The van der Waals surface area contributed by atoms with Crippen LogP contribution in [0.3, 0.4) is 0 Å². The molecule has 0 atom stereocenters. The lowest BCUT2D eigenvalue weighted by Gasteiger charge is -2.12. The van der Waals surface area contributed by atoms with E-state index in [-0.39, 0.29) is 11.9 Å². The average molecular weight is 234 g/mol. The minimum absolute atomic E-state index is 0.159. The molecule has 0 aliphatic rings. The highest BCUT2D eigenvalue weighted by Crippen LogP contribution is 2.20. The van der Waals surface area contributed by atoms with E-state index < -0.39 is 0 Å². The van der Waals surface area contributed by atoms with E-state index in [2.05, 4.69) is 13.8 Å². The highest BCUT2D eigenvalue weighted by atomic mass is 16.5. The van der Waals surface area contributed by atoms with E-state index in [4.69, 9.17) is 4.74 Å². The van der Waals surface area contributed by atoms with Gasteiger partial charge < -0.3 is 4.74 Å². The molecule has 2 heteroatoms. The maximum atomic E-state index is 12.0. The summed E-state index contributed by atoms with van der Waals surface area (Å²) in [5.74, 6) is 1.45. The van der Waals surface area contributed by atoms with E-state index in [0.29, 0.717) is 12.3 Å². The van der Waals surface area contributed by atoms with Crippen LogP contribution in [0.1, 0.15) is 50.0 Å². The van der Waals surface area contributed by atoms with Gasteiger partial charge in [-0.05, 0) is 50.5 Å². The smallest absolute Gasteiger partial charge is 0.163 e. The van der Waals surface area contributed by atoms with Crippen molar-refractivity contribution in [1.82, 2.24) is 0 Å². The van der Waals surface area contributed by atoms with Crippen molar-refractivity contribution in [1.29, 1.82) is 0 Å². The number of rotatable bonds is 5. The highest BCUT2D eigenvalue weighted by Gasteiger charge is 2.11. The molecule has 0 N–H and O–H groups in total. The van der Waals surface area contributed by atoms with Gasteiger partial charge in [-0.3, -0.25) is 4.79 Å². The summed E-state index contributed by atoms with van der Waals surface area (Å²) in [6, 6.07) is 5.69. The molecule has 0 heterocycles. The molecule has 1 aromatic rings. The molecule has 0 amide bonds. The zero-order valence-electron chi connectivity index (χ0n) is 11.4. The molecule has 0 saturated carbocycles. The number of ketones is 1. The van der Waals surface area contributed by atoms with Gasteiger partial charge in [0.25, 0.3) is 0 Å². The molecule has 0 aliphatic heterocycles. The summed E-state index contributed by atoms with van der Waals surface area (Å²) in [5.41, 5.74) is 1.81. The summed E-state index contributed by atoms with van der Waals surface area (Å²) >= 11 is 0. The minimum atomic E-state index is 0.159. The lowest BCUT2D eigenvalue weighted by Crippen LogP contribution is -2.08. The summed E-state index contributed by atoms with van der Waals surface area (Å²) in [6.45, 7) is 10.1. The molecule has 2 nitrogen and oxygen atoms in total. The van der Waals surface area contributed by atoms with Gasteiger partial charge in [-0.1, -0.05) is 13.8 Å². The fourth-order valence-electron chi connectivity index (χ4n) is 1.78. The molecule has 1 rings (SSSR count). The van der Waals surface area contributed by atoms with E-state index in [1.54, 1.807) is 0 Å². The molecular formula is C15H22O2. The Kier molecular flexibility index (Phi) is 4.73. The van der Waals surface area contributed by atoms with Crippen LogP contribution >= 0.6 is 0 Å². The van der Waals surface area contributed by atoms with Crippen LogP contribution in [-0.4, -0.2) is 11.9 Å². The van der Waals surface area contributed by atoms with Gasteiger partial charge in [0.2, 0.25) is 0 Å². The number of aryl methyl sites for hydroxylation is 1. The van der Waals surface area contributed by atoms with Crippen molar-refractivity contribution >= 4 is 5.78 Å². The number of Topliss-reactive ketones (excluding diaryl/α,β-unsaturated/α-hetero) is 1. The number of carbonyl (C=O) groups is 1. The molecule has 0 aliphatic carbocycles. The van der Waals surface area contributed by atoms with Gasteiger partial charge in [0.05, 0.1) is 6.10 Å². The van der Waals surface area contributed by atoms with Crippen molar-refractivity contribution in [3.63, 3.8) is 0 Å². The number of hydrogen-bond acceptors (Lipinski definition) is 2. The Hall–Kier alpha value is -1.31. The third-order valence-corrected chi connectivity index (χ3v) is 2.46. The van der Waals surface area contributed by atoms with Crippen LogP contribution in [0.5, 0.6) is 5.75 Å². The Labute approximate surface area is 104 Å². The van der Waals surface area contributed by atoms with Crippen molar-refractivity contribution in [3.05, 3.63) is 29.3 Å². The van der Waals surface area contributed by atoms with E-state index in [9.17, 15) is 4.79 Å². The quantitative estimate of drug-likeness (QED) is 0.719. The van der Waals surface area contributed by atoms with Crippen molar-refractivity contribution in [2.24, 2.45) is 5.92 Å². The number of ether oxygens (including phenoxy) is 1. The Morgan fingerprint density at radius 1 is 1.24 bits per heavy atom. The second-order valence-corrected chi connectivity index (χ2v) is 5.16. The molecule has 0 bridgehead atoms. The van der Waals surface area contributed by atoms with E-state index >= 15 is 0 Å². The fraction of sp³-hybridized carbons (Fsp3) is 0.533. The molecule has 94 valence electrons.